The van der Waals surface area contributed by atoms with E-state index in [4.69, 9.17) is 44.6 Å². The van der Waals surface area contributed by atoms with Crippen LogP contribution in [0.1, 0.15) is 35.4 Å². The van der Waals surface area contributed by atoms with Gasteiger partial charge in [0.25, 0.3) is 0 Å². The fourth-order valence-electron chi connectivity index (χ4n) is 3.85. The van der Waals surface area contributed by atoms with E-state index in [1.807, 2.05) is 41.4 Å². The number of halogens is 3. The van der Waals surface area contributed by atoms with Crippen molar-refractivity contribution in [2.75, 3.05) is 0 Å². The van der Waals surface area contributed by atoms with Crippen molar-refractivity contribution < 1.29 is 9.84 Å². The average Bonchev–Trinajstić information content (AvgIpc) is 3.16. The second kappa shape index (κ2) is 7.13. The Hall–Kier alpha value is -2.40. The van der Waals surface area contributed by atoms with E-state index in [2.05, 4.69) is 0 Å². The second-order valence-electron chi connectivity index (χ2n) is 6.99. The third kappa shape index (κ3) is 3.21. The minimum atomic E-state index is -0.675. The zero-order valence-corrected chi connectivity index (χ0v) is 17.3. The van der Waals surface area contributed by atoms with E-state index in [-0.39, 0.29) is 11.8 Å². The van der Waals surface area contributed by atoms with Crippen molar-refractivity contribution in [1.29, 1.82) is 0 Å². The van der Waals surface area contributed by atoms with Crippen LogP contribution in [0, 0.1) is 0 Å². The number of hydrogen-bond acceptors (Lipinski definition) is 4. The largest absolute Gasteiger partial charge is 0.507 e. The minimum absolute atomic E-state index is 0.0787. The molecule has 3 aromatic carbocycles. The van der Waals surface area contributed by atoms with Crippen molar-refractivity contribution in [3.8, 4) is 11.5 Å². The van der Waals surface area contributed by atoms with Crippen LogP contribution in [0.25, 0.3) is 0 Å². The zero-order chi connectivity index (χ0) is 20.1. The first-order valence-electron chi connectivity index (χ1n) is 9.06. The number of phenolic OH excluding ortho intramolecular Hbond substituents is 1. The molecule has 0 aliphatic carbocycles. The Bertz CT molecular complexity index is 1130. The van der Waals surface area contributed by atoms with Crippen LogP contribution in [0.15, 0.2) is 65.8 Å². The number of fused-ring (bicyclic) bond motifs is 3. The highest BCUT2D eigenvalue weighted by atomic mass is 35.5. The van der Waals surface area contributed by atoms with Gasteiger partial charge >= 0.3 is 0 Å². The summed E-state index contributed by atoms with van der Waals surface area (Å²) in [5.41, 5.74) is 3.35. The number of hydrogen-bond donors (Lipinski definition) is 1. The number of ether oxygens (including phenoxy) is 1. The number of nitrogens with zero attached hydrogens (tertiary/aromatic N) is 2. The molecule has 2 heterocycles. The molecule has 0 unspecified atom stereocenters. The highest BCUT2D eigenvalue weighted by Crippen LogP contribution is 2.51. The van der Waals surface area contributed by atoms with Gasteiger partial charge in [0.1, 0.15) is 11.5 Å². The summed E-state index contributed by atoms with van der Waals surface area (Å²) in [6, 6.07) is 18.2. The van der Waals surface area contributed by atoms with Gasteiger partial charge in [-0.25, -0.2) is 5.01 Å². The molecule has 5 rings (SSSR count). The Labute approximate surface area is 182 Å². The lowest BCUT2D eigenvalue weighted by molar-refractivity contribution is -0.0202. The number of aromatic hydroxyl groups is 1. The number of benzene rings is 3. The van der Waals surface area contributed by atoms with Crippen LogP contribution in [0.2, 0.25) is 15.1 Å². The number of rotatable bonds is 2. The Balaban J connectivity index is 1.67. The van der Waals surface area contributed by atoms with Crippen molar-refractivity contribution >= 4 is 40.5 Å². The molecule has 2 aliphatic heterocycles. The van der Waals surface area contributed by atoms with E-state index >= 15 is 0 Å². The second-order valence-corrected chi connectivity index (χ2v) is 8.27. The summed E-state index contributed by atoms with van der Waals surface area (Å²) in [6.07, 6.45) is -0.0133. The lowest BCUT2D eigenvalue weighted by atomic mass is 9.95. The van der Waals surface area contributed by atoms with Crippen LogP contribution in [0.5, 0.6) is 11.5 Å². The molecule has 146 valence electrons. The van der Waals surface area contributed by atoms with E-state index < -0.39 is 6.23 Å². The lowest BCUT2D eigenvalue weighted by Crippen LogP contribution is -2.34. The van der Waals surface area contributed by atoms with Crippen LogP contribution in [0.3, 0.4) is 0 Å². The van der Waals surface area contributed by atoms with Gasteiger partial charge in [-0.1, -0.05) is 65.1 Å². The van der Waals surface area contributed by atoms with Gasteiger partial charge in [0.15, 0.2) is 0 Å². The SMILES string of the molecule is Oc1ccc(Cl)cc1[C@@H]1Oc2c(Cl)cc(Cl)cc2[C@@H]2CC(c3ccccc3)=NN21. The van der Waals surface area contributed by atoms with E-state index in [0.717, 1.165) is 16.8 Å². The van der Waals surface area contributed by atoms with Crippen LogP contribution in [-0.4, -0.2) is 15.8 Å². The first-order chi connectivity index (χ1) is 14.0. The Morgan fingerprint density at radius 1 is 0.931 bits per heavy atom. The molecule has 4 nitrogen and oxygen atoms in total. The van der Waals surface area contributed by atoms with E-state index in [1.54, 1.807) is 24.3 Å². The summed E-state index contributed by atoms with van der Waals surface area (Å²) in [7, 11) is 0. The van der Waals surface area contributed by atoms with Gasteiger partial charge in [-0.2, -0.15) is 5.10 Å². The fourth-order valence-corrected chi connectivity index (χ4v) is 4.58. The lowest BCUT2D eigenvalue weighted by Gasteiger charge is -2.38. The third-order valence-electron chi connectivity index (χ3n) is 5.17. The molecule has 29 heavy (non-hydrogen) atoms. The van der Waals surface area contributed by atoms with Gasteiger partial charge in [0, 0.05) is 22.0 Å². The molecule has 0 spiro atoms. The summed E-state index contributed by atoms with van der Waals surface area (Å²) in [4.78, 5) is 0. The van der Waals surface area contributed by atoms with Crippen molar-refractivity contribution in [3.63, 3.8) is 0 Å². The molecular weight excluding hydrogens is 431 g/mol. The molecule has 0 amide bonds. The molecule has 3 aromatic rings. The van der Waals surface area contributed by atoms with Gasteiger partial charge in [0.2, 0.25) is 6.23 Å². The maximum absolute atomic E-state index is 10.5. The van der Waals surface area contributed by atoms with Gasteiger partial charge in [-0.05, 0) is 35.9 Å². The summed E-state index contributed by atoms with van der Waals surface area (Å²) in [5.74, 6) is 0.626. The first-order valence-corrected chi connectivity index (χ1v) is 10.2. The molecule has 2 aliphatic rings. The monoisotopic (exact) mass is 444 g/mol. The average molecular weight is 446 g/mol. The standard InChI is InChI=1S/C22H15Cl3N2O2/c23-13-6-7-20(28)16(8-13)22-27-19(11-18(26-27)12-4-2-1-3-5-12)15-9-14(24)10-17(25)21(15)29-22/h1-10,19,22,28H,11H2/t19-,22-/m0/s1. The molecule has 0 radical (unpaired) electrons. The predicted molar refractivity (Wildman–Crippen MR) is 115 cm³/mol. The van der Waals surface area contributed by atoms with Crippen LogP contribution in [0.4, 0.5) is 0 Å². The van der Waals surface area contributed by atoms with Gasteiger partial charge < -0.3 is 9.84 Å². The van der Waals surface area contributed by atoms with Gasteiger partial charge in [-0.3, -0.25) is 0 Å². The summed E-state index contributed by atoms with van der Waals surface area (Å²) in [6.45, 7) is 0. The molecule has 2 atom stereocenters. The maximum atomic E-state index is 10.5. The molecule has 0 saturated heterocycles. The topological polar surface area (TPSA) is 45.1 Å². The highest BCUT2D eigenvalue weighted by Gasteiger charge is 2.42. The van der Waals surface area contributed by atoms with Crippen LogP contribution >= 0.6 is 34.8 Å². The van der Waals surface area contributed by atoms with E-state index in [1.165, 1.54) is 0 Å². The first kappa shape index (κ1) is 18.6. The maximum Gasteiger partial charge on any atom is 0.217 e. The Morgan fingerprint density at radius 3 is 2.48 bits per heavy atom. The molecule has 0 saturated carbocycles. The van der Waals surface area contributed by atoms with Gasteiger partial charge in [0.05, 0.1) is 22.3 Å². The van der Waals surface area contributed by atoms with Crippen molar-refractivity contribution in [1.82, 2.24) is 5.01 Å². The van der Waals surface area contributed by atoms with E-state index in [9.17, 15) is 5.11 Å². The highest BCUT2D eigenvalue weighted by molar-refractivity contribution is 6.35. The van der Waals surface area contributed by atoms with Crippen molar-refractivity contribution in [2.45, 2.75) is 18.7 Å². The Kier molecular flexibility index (Phi) is 4.58. The number of phenols is 1. The van der Waals surface area contributed by atoms with Crippen LogP contribution in [-0.2, 0) is 0 Å². The molecule has 0 aromatic heterocycles. The van der Waals surface area contributed by atoms with Gasteiger partial charge in [-0.15, -0.1) is 0 Å². The molecule has 7 heteroatoms. The summed E-state index contributed by atoms with van der Waals surface area (Å²) >= 11 is 18.9. The zero-order valence-electron chi connectivity index (χ0n) is 15.0. The summed E-state index contributed by atoms with van der Waals surface area (Å²) < 4.78 is 6.25. The third-order valence-corrected chi connectivity index (χ3v) is 5.90. The smallest absolute Gasteiger partial charge is 0.217 e. The van der Waals surface area contributed by atoms with E-state index in [0.29, 0.717) is 32.8 Å². The fraction of sp³-hybridized carbons (Fsp3) is 0.136. The molecular formula is C22H15Cl3N2O2. The minimum Gasteiger partial charge on any atom is -0.507 e. The van der Waals surface area contributed by atoms with Crippen LogP contribution < -0.4 is 4.74 Å². The summed E-state index contributed by atoms with van der Waals surface area (Å²) in [5, 5.41) is 18.6. The van der Waals surface area contributed by atoms with Crippen molar-refractivity contribution in [2.24, 2.45) is 5.10 Å². The quantitative estimate of drug-likeness (QED) is 0.483. The normalized spacial score (nSPS) is 20.0. The Morgan fingerprint density at radius 2 is 1.69 bits per heavy atom. The molecule has 0 fully saturated rings. The number of hydrazone groups is 1. The predicted octanol–water partition coefficient (Wildman–Crippen LogP) is 6.59. The molecule has 0 bridgehead atoms. The van der Waals surface area contributed by atoms with Crippen molar-refractivity contribution in [3.05, 3.63) is 92.4 Å². The molecule has 1 N–H and O–H groups in total.